The zero-order valence-corrected chi connectivity index (χ0v) is 8.04. The summed E-state index contributed by atoms with van der Waals surface area (Å²) in [5.41, 5.74) is 1.04. The number of hydrogen-bond acceptors (Lipinski definition) is 3. The van der Waals surface area contributed by atoms with E-state index in [0.717, 1.165) is 5.69 Å². The molecule has 0 aliphatic rings. The molecule has 0 saturated carbocycles. The summed E-state index contributed by atoms with van der Waals surface area (Å²) in [4.78, 5) is 10.1. The van der Waals surface area contributed by atoms with Crippen molar-refractivity contribution < 1.29 is 4.92 Å². The van der Waals surface area contributed by atoms with E-state index in [1.54, 1.807) is 6.92 Å². The molecule has 0 unspecified atom stereocenters. The molecule has 2 rings (SSSR count). The first kappa shape index (κ1) is 9.39. The van der Waals surface area contributed by atoms with Crippen molar-refractivity contribution in [1.82, 2.24) is 9.78 Å². The third-order valence-electron chi connectivity index (χ3n) is 1.99. The zero-order chi connectivity index (χ0) is 10.8. The van der Waals surface area contributed by atoms with Crippen LogP contribution in [0.3, 0.4) is 0 Å². The predicted octanol–water partition coefficient (Wildman–Crippen LogP) is 1.89. The van der Waals surface area contributed by atoms with Gasteiger partial charge in [-0.05, 0) is 19.1 Å². The predicted molar refractivity (Wildman–Crippen MR) is 53.8 cm³/mol. The molecule has 1 heterocycles. The van der Waals surface area contributed by atoms with Crippen LogP contribution in [-0.2, 0) is 0 Å². The molecule has 1 aromatic heterocycles. The fraction of sp³-hybridized carbons (Fsp3) is 0.100. The Kier molecular flexibility index (Phi) is 2.21. The van der Waals surface area contributed by atoms with Gasteiger partial charge in [0.25, 0.3) is 0 Å². The van der Waals surface area contributed by atoms with Gasteiger partial charge in [-0.2, -0.15) is 5.10 Å². The summed E-state index contributed by atoms with van der Waals surface area (Å²) in [5.74, 6) is 0. The standard InChI is InChI=1S/C10H8N3O2/c1-8-10(13(14)15)7-12(11-8)9-5-3-2-4-6-9/h2-6H,1H3. The van der Waals surface area contributed by atoms with Crippen LogP contribution in [0.2, 0.25) is 0 Å². The number of aromatic nitrogens is 2. The van der Waals surface area contributed by atoms with Gasteiger partial charge in [0.05, 0.1) is 10.6 Å². The van der Waals surface area contributed by atoms with E-state index in [1.807, 2.05) is 30.3 Å². The van der Waals surface area contributed by atoms with Gasteiger partial charge >= 0.3 is 5.69 Å². The Labute approximate surface area is 86.1 Å². The van der Waals surface area contributed by atoms with Crippen LogP contribution in [0.4, 0.5) is 5.69 Å². The van der Waals surface area contributed by atoms with E-state index >= 15 is 0 Å². The van der Waals surface area contributed by atoms with E-state index in [0.29, 0.717) is 5.69 Å². The molecule has 0 N–H and O–H groups in total. The minimum Gasteiger partial charge on any atom is -0.258 e. The molecule has 0 spiro atoms. The van der Waals surface area contributed by atoms with Gasteiger partial charge in [-0.3, -0.25) is 10.1 Å². The highest BCUT2D eigenvalue weighted by atomic mass is 16.6. The maximum absolute atomic E-state index is 10.6. The lowest BCUT2D eigenvalue weighted by atomic mass is 10.3. The van der Waals surface area contributed by atoms with E-state index in [2.05, 4.69) is 11.3 Å². The average molecular weight is 202 g/mol. The van der Waals surface area contributed by atoms with Crippen LogP contribution < -0.4 is 0 Å². The number of para-hydroxylation sites is 1. The number of aryl methyl sites for hydroxylation is 1. The van der Waals surface area contributed by atoms with Crippen molar-refractivity contribution in [2.45, 2.75) is 6.92 Å². The van der Waals surface area contributed by atoms with Crippen molar-refractivity contribution in [2.75, 3.05) is 0 Å². The molecular weight excluding hydrogens is 194 g/mol. The van der Waals surface area contributed by atoms with E-state index in [9.17, 15) is 10.1 Å². The van der Waals surface area contributed by atoms with Gasteiger partial charge in [-0.25, -0.2) is 4.68 Å². The van der Waals surface area contributed by atoms with Crippen molar-refractivity contribution in [3.8, 4) is 5.69 Å². The first-order valence-electron chi connectivity index (χ1n) is 4.37. The van der Waals surface area contributed by atoms with Gasteiger partial charge in [0.15, 0.2) is 6.20 Å². The number of hydrogen-bond donors (Lipinski definition) is 0. The van der Waals surface area contributed by atoms with Gasteiger partial charge in [0.2, 0.25) is 0 Å². The molecule has 5 nitrogen and oxygen atoms in total. The molecule has 0 bridgehead atoms. The van der Waals surface area contributed by atoms with Gasteiger partial charge < -0.3 is 0 Å². The fourth-order valence-corrected chi connectivity index (χ4v) is 1.27. The minimum atomic E-state index is -0.484. The Morgan fingerprint density at radius 1 is 1.40 bits per heavy atom. The highest BCUT2D eigenvalue weighted by Crippen LogP contribution is 2.17. The molecule has 0 saturated heterocycles. The van der Waals surface area contributed by atoms with Crippen LogP contribution in [0.25, 0.3) is 5.69 Å². The highest BCUT2D eigenvalue weighted by Gasteiger charge is 2.16. The zero-order valence-electron chi connectivity index (χ0n) is 8.04. The summed E-state index contributed by atoms with van der Waals surface area (Å²) >= 11 is 0. The van der Waals surface area contributed by atoms with Gasteiger partial charge in [0.1, 0.15) is 5.69 Å². The van der Waals surface area contributed by atoms with Crippen molar-refractivity contribution in [3.63, 3.8) is 0 Å². The SMILES string of the molecule is Cc1nn(-c2ccccc2)[c]c1[N+](=O)[O-]. The number of benzene rings is 1. The van der Waals surface area contributed by atoms with Crippen LogP contribution in [0.1, 0.15) is 5.69 Å². The van der Waals surface area contributed by atoms with Crippen molar-refractivity contribution in [2.24, 2.45) is 0 Å². The largest absolute Gasteiger partial charge is 0.320 e. The number of nitro groups is 1. The smallest absolute Gasteiger partial charge is 0.258 e. The average Bonchev–Trinajstić information content (AvgIpc) is 2.62. The summed E-state index contributed by atoms with van der Waals surface area (Å²) in [5, 5.41) is 14.6. The lowest BCUT2D eigenvalue weighted by Crippen LogP contribution is -1.94. The first-order valence-corrected chi connectivity index (χ1v) is 4.37. The van der Waals surface area contributed by atoms with E-state index < -0.39 is 4.92 Å². The van der Waals surface area contributed by atoms with Crippen molar-refractivity contribution >= 4 is 5.69 Å². The molecule has 0 aliphatic carbocycles. The first-order chi connectivity index (χ1) is 7.18. The molecule has 0 atom stereocenters. The monoisotopic (exact) mass is 202 g/mol. The van der Waals surface area contributed by atoms with Crippen molar-refractivity contribution in [3.05, 3.63) is 52.3 Å². The molecule has 1 aromatic carbocycles. The third-order valence-corrected chi connectivity index (χ3v) is 1.99. The second-order valence-corrected chi connectivity index (χ2v) is 3.05. The van der Waals surface area contributed by atoms with Gasteiger partial charge in [0, 0.05) is 0 Å². The Hall–Kier alpha value is -2.17. The lowest BCUT2D eigenvalue weighted by Gasteiger charge is -1.96. The fourth-order valence-electron chi connectivity index (χ4n) is 1.27. The summed E-state index contributed by atoms with van der Waals surface area (Å²) in [7, 11) is 0. The number of rotatable bonds is 2. The maximum atomic E-state index is 10.6. The second-order valence-electron chi connectivity index (χ2n) is 3.05. The maximum Gasteiger partial charge on any atom is 0.320 e. The molecule has 1 radical (unpaired) electrons. The van der Waals surface area contributed by atoms with E-state index in [1.165, 1.54) is 4.68 Å². The topological polar surface area (TPSA) is 61.0 Å². The molecule has 15 heavy (non-hydrogen) atoms. The van der Waals surface area contributed by atoms with Crippen LogP contribution >= 0.6 is 0 Å². The Morgan fingerprint density at radius 2 is 2.07 bits per heavy atom. The summed E-state index contributed by atoms with van der Waals surface area (Å²) in [6.45, 7) is 1.59. The molecule has 0 aliphatic heterocycles. The minimum absolute atomic E-state index is 0.0844. The van der Waals surface area contributed by atoms with Crippen LogP contribution in [0.15, 0.2) is 30.3 Å². The highest BCUT2D eigenvalue weighted by molar-refractivity contribution is 5.37. The van der Waals surface area contributed by atoms with Crippen molar-refractivity contribution in [1.29, 1.82) is 0 Å². The molecule has 5 heteroatoms. The quantitative estimate of drug-likeness (QED) is 0.551. The Balaban J connectivity index is 2.48. The summed E-state index contributed by atoms with van der Waals surface area (Å²) < 4.78 is 1.38. The molecule has 0 amide bonds. The molecule has 2 aromatic rings. The molecular formula is C10H8N3O2. The van der Waals surface area contributed by atoms with Crippen LogP contribution in [0.5, 0.6) is 0 Å². The number of nitrogens with zero attached hydrogens (tertiary/aromatic N) is 3. The Bertz CT molecular complexity index is 491. The molecule has 75 valence electrons. The van der Waals surface area contributed by atoms with Crippen LogP contribution in [-0.4, -0.2) is 14.7 Å². The third kappa shape index (κ3) is 1.71. The van der Waals surface area contributed by atoms with Gasteiger partial charge in [-0.1, -0.05) is 18.2 Å². The molecule has 0 fully saturated rings. The Morgan fingerprint density at radius 3 is 2.60 bits per heavy atom. The van der Waals surface area contributed by atoms with E-state index in [-0.39, 0.29) is 5.69 Å². The summed E-state index contributed by atoms with van der Waals surface area (Å²) in [6, 6.07) is 9.17. The second kappa shape index (κ2) is 3.53. The van der Waals surface area contributed by atoms with Crippen LogP contribution in [0, 0.1) is 23.2 Å². The normalized spacial score (nSPS) is 10.2. The van der Waals surface area contributed by atoms with Gasteiger partial charge in [-0.15, -0.1) is 0 Å². The lowest BCUT2D eigenvalue weighted by molar-refractivity contribution is -0.385. The van der Waals surface area contributed by atoms with E-state index in [4.69, 9.17) is 0 Å². The summed E-state index contributed by atoms with van der Waals surface area (Å²) in [6.07, 6.45) is 2.60.